The number of nitrogens with two attached hydrogens (primary N) is 1. The minimum Gasteiger partial charge on any atom is -0.398 e. The molecule has 0 saturated carbocycles. The van der Waals surface area contributed by atoms with Crippen LogP contribution in [-0.2, 0) is 6.54 Å². The third-order valence-electron chi connectivity index (χ3n) is 3.80. The topological polar surface area (TPSA) is 43.8 Å². The molecule has 3 aromatic rings. The number of anilines is 1. The summed E-state index contributed by atoms with van der Waals surface area (Å²) >= 11 is 0. The summed E-state index contributed by atoms with van der Waals surface area (Å²) in [6.45, 7) is 6.76. The first-order chi connectivity index (χ1) is 10.0. The molecule has 2 aromatic carbocycles. The highest BCUT2D eigenvalue weighted by atomic mass is 19.1. The van der Waals surface area contributed by atoms with Gasteiger partial charge in [0, 0.05) is 17.8 Å². The molecule has 1 aromatic heterocycles. The van der Waals surface area contributed by atoms with E-state index in [4.69, 9.17) is 5.73 Å². The van der Waals surface area contributed by atoms with Crippen molar-refractivity contribution in [3.05, 3.63) is 47.3 Å². The van der Waals surface area contributed by atoms with Crippen LogP contribution in [0.3, 0.4) is 0 Å². The highest BCUT2D eigenvalue weighted by Gasteiger charge is 2.15. The summed E-state index contributed by atoms with van der Waals surface area (Å²) in [7, 11) is 0. The van der Waals surface area contributed by atoms with E-state index < -0.39 is 0 Å². The van der Waals surface area contributed by atoms with E-state index in [0.29, 0.717) is 6.54 Å². The van der Waals surface area contributed by atoms with Gasteiger partial charge in [-0.3, -0.25) is 0 Å². The normalized spacial score (nSPS) is 11.2. The lowest BCUT2D eigenvalue weighted by atomic mass is 10.0. The van der Waals surface area contributed by atoms with Crippen LogP contribution in [-0.4, -0.2) is 9.55 Å². The van der Waals surface area contributed by atoms with Gasteiger partial charge in [0.2, 0.25) is 0 Å². The molecule has 1 heterocycles. The fraction of sp³-hybridized carbons (Fsp3) is 0.235. The fourth-order valence-electron chi connectivity index (χ4n) is 2.79. The van der Waals surface area contributed by atoms with E-state index in [0.717, 1.165) is 39.2 Å². The first kappa shape index (κ1) is 13.6. The maximum atomic E-state index is 13.5. The van der Waals surface area contributed by atoms with Crippen molar-refractivity contribution in [1.29, 1.82) is 0 Å². The third-order valence-corrected chi connectivity index (χ3v) is 3.80. The molecule has 0 amide bonds. The zero-order valence-corrected chi connectivity index (χ0v) is 12.4. The Balaban J connectivity index is 2.35. The van der Waals surface area contributed by atoms with Gasteiger partial charge in [0.05, 0.1) is 11.0 Å². The second-order valence-corrected chi connectivity index (χ2v) is 5.36. The van der Waals surface area contributed by atoms with E-state index in [9.17, 15) is 4.39 Å². The quantitative estimate of drug-likeness (QED) is 0.721. The van der Waals surface area contributed by atoms with Crippen molar-refractivity contribution in [2.75, 3.05) is 5.73 Å². The number of hydrogen-bond donors (Lipinski definition) is 1. The van der Waals surface area contributed by atoms with Gasteiger partial charge in [0.15, 0.2) is 0 Å². The number of benzene rings is 2. The predicted molar refractivity (Wildman–Crippen MR) is 84.7 cm³/mol. The molecule has 3 nitrogen and oxygen atoms in total. The summed E-state index contributed by atoms with van der Waals surface area (Å²) < 4.78 is 15.5. The molecule has 0 radical (unpaired) electrons. The van der Waals surface area contributed by atoms with Gasteiger partial charge >= 0.3 is 0 Å². The molecule has 0 atom stereocenters. The van der Waals surface area contributed by atoms with Gasteiger partial charge in [-0.15, -0.1) is 0 Å². The molecule has 0 aliphatic heterocycles. The van der Waals surface area contributed by atoms with Gasteiger partial charge in [-0.1, -0.05) is 6.07 Å². The molecule has 0 aliphatic rings. The number of imidazole rings is 1. The van der Waals surface area contributed by atoms with Crippen molar-refractivity contribution in [3.63, 3.8) is 0 Å². The molecule has 0 unspecified atom stereocenters. The number of rotatable bonds is 2. The van der Waals surface area contributed by atoms with Crippen molar-refractivity contribution < 1.29 is 4.39 Å². The number of aromatic nitrogens is 2. The number of fused-ring (bicyclic) bond motifs is 1. The van der Waals surface area contributed by atoms with E-state index in [-0.39, 0.29) is 5.82 Å². The Morgan fingerprint density at radius 2 is 1.95 bits per heavy atom. The Hall–Kier alpha value is -2.36. The molecule has 0 fully saturated rings. The number of nitrogens with zero attached hydrogens (tertiary/aromatic N) is 2. The van der Waals surface area contributed by atoms with Crippen LogP contribution in [0.1, 0.15) is 18.1 Å². The van der Waals surface area contributed by atoms with Crippen LogP contribution >= 0.6 is 0 Å². The van der Waals surface area contributed by atoms with Crippen molar-refractivity contribution in [2.45, 2.75) is 27.3 Å². The number of hydrogen-bond acceptors (Lipinski definition) is 2. The Morgan fingerprint density at radius 1 is 1.19 bits per heavy atom. The van der Waals surface area contributed by atoms with Crippen LogP contribution in [0.5, 0.6) is 0 Å². The number of halogens is 1. The second-order valence-electron chi connectivity index (χ2n) is 5.36. The molecule has 2 N–H and O–H groups in total. The Morgan fingerprint density at radius 3 is 2.67 bits per heavy atom. The summed E-state index contributed by atoms with van der Waals surface area (Å²) in [4.78, 5) is 4.65. The highest BCUT2D eigenvalue weighted by molar-refractivity contribution is 5.84. The van der Waals surface area contributed by atoms with Crippen molar-refractivity contribution >= 4 is 16.7 Å². The lowest BCUT2D eigenvalue weighted by Crippen LogP contribution is -2.02. The lowest BCUT2D eigenvalue weighted by molar-refractivity contribution is 0.628. The minimum atomic E-state index is -0.253. The minimum absolute atomic E-state index is 0.253. The smallest absolute Gasteiger partial charge is 0.143 e. The van der Waals surface area contributed by atoms with Crippen molar-refractivity contribution in [3.8, 4) is 11.4 Å². The summed E-state index contributed by atoms with van der Waals surface area (Å²) in [6.07, 6.45) is 0. The molecule has 21 heavy (non-hydrogen) atoms. The second kappa shape index (κ2) is 4.88. The molecule has 0 spiro atoms. The van der Waals surface area contributed by atoms with Gasteiger partial charge < -0.3 is 10.3 Å². The van der Waals surface area contributed by atoms with E-state index in [1.807, 2.05) is 31.4 Å². The van der Waals surface area contributed by atoms with Gasteiger partial charge in [0.1, 0.15) is 11.6 Å². The van der Waals surface area contributed by atoms with E-state index >= 15 is 0 Å². The lowest BCUT2D eigenvalue weighted by Gasteiger charge is -2.11. The summed E-state index contributed by atoms with van der Waals surface area (Å²) in [5.74, 6) is 0.541. The Kier molecular flexibility index (Phi) is 3.16. The van der Waals surface area contributed by atoms with Crippen LogP contribution in [0.2, 0.25) is 0 Å². The first-order valence-corrected chi connectivity index (χ1v) is 7.04. The average molecular weight is 283 g/mol. The zero-order valence-electron chi connectivity index (χ0n) is 12.4. The molecule has 0 aliphatic carbocycles. The maximum Gasteiger partial charge on any atom is 0.143 e. The van der Waals surface area contributed by atoms with Gasteiger partial charge in [-0.2, -0.15) is 0 Å². The zero-order chi connectivity index (χ0) is 15.1. The average Bonchev–Trinajstić information content (AvgIpc) is 2.80. The van der Waals surface area contributed by atoms with Crippen LogP contribution in [0.4, 0.5) is 10.1 Å². The van der Waals surface area contributed by atoms with Crippen molar-refractivity contribution in [2.24, 2.45) is 0 Å². The Bertz CT molecular complexity index is 834. The van der Waals surface area contributed by atoms with E-state index in [1.54, 1.807) is 6.07 Å². The highest BCUT2D eigenvalue weighted by Crippen LogP contribution is 2.32. The molecular weight excluding hydrogens is 265 g/mol. The standard InChI is InChI=1S/C17H18FN3/c1-4-21-15-9-12(18)5-6-14(15)20-17(21)13-8-10(2)7-11(3)16(13)19/h5-9H,4,19H2,1-3H3. The van der Waals surface area contributed by atoms with Crippen LogP contribution in [0.25, 0.3) is 22.4 Å². The van der Waals surface area contributed by atoms with E-state index in [2.05, 4.69) is 11.1 Å². The van der Waals surface area contributed by atoms with Crippen molar-refractivity contribution in [1.82, 2.24) is 9.55 Å². The van der Waals surface area contributed by atoms with E-state index in [1.165, 1.54) is 12.1 Å². The fourth-order valence-corrected chi connectivity index (χ4v) is 2.79. The first-order valence-electron chi connectivity index (χ1n) is 7.04. The SMILES string of the molecule is CCn1c(-c2cc(C)cc(C)c2N)nc2ccc(F)cc21. The monoisotopic (exact) mass is 283 g/mol. The molecule has 0 bridgehead atoms. The Labute approximate surface area is 123 Å². The van der Waals surface area contributed by atoms with Crippen LogP contribution < -0.4 is 5.73 Å². The summed E-state index contributed by atoms with van der Waals surface area (Å²) in [5.41, 5.74) is 11.6. The van der Waals surface area contributed by atoms with Crippen LogP contribution in [0, 0.1) is 19.7 Å². The van der Waals surface area contributed by atoms with Gasteiger partial charge in [-0.05, 0) is 56.2 Å². The molecule has 0 saturated heterocycles. The molecule has 4 heteroatoms. The summed E-state index contributed by atoms with van der Waals surface area (Å²) in [6, 6.07) is 8.75. The molecular formula is C17H18FN3. The predicted octanol–water partition coefficient (Wildman–Crippen LogP) is 4.06. The molecule has 3 rings (SSSR count). The van der Waals surface area contributed by atoms with Gasteiger partial charge in [-0.25, -0.2) is 9.37 Å². The molecule has 108 valence electrons. The largest absolute Gasteiger partial charge is 0.398 e. The van der Waals surface area contributed by atoms with Gasteiger partial charge in [0.25, 0.3) is 0 Å². The summed E-state index contributed by atoms with van der Waals surface area (Å²) in [5, 5.41) is 0. The number of nitrogen functional groups attached to an aromatic ring is 1. The van der Waals surface area contributed by atoms with Crippen LogP contribution in [0.15, 0.2) is 30.3 Å². The third kappa shape index (κ3) is 2.17. The maximum absolute atomic E-state index is 13.5. The number of aryl methyl sites for hydroxylation is 3.